The van der Waals surface area contributed by atoms with E-state index in [2.05, 4.69) is 31.2 Å². The van der Waals surface area contributed by atoms with E-state index < -0.39 is 0 Å². The minimum absolute atomic E-state index is 0.133. The number of hydrogen-bond donors (Lipinski definition) is 4. The number of aromatic nitrogens is 2. The van der Waals surface area contributed by atoms with E-state index in [9.17, 15) is 4.79 Å². The standard InChI is InChI=1S/C22H30N6O/c29-22(26-17-6-2-1-3-7-17)27-19-12-10-18(11-13-19)25-21-23-15-14-20(28-21)24-16-8-4-5-9-16/h10-17H,1-9H2,(H2,26,27,29)(H2,23,24,25,28). The van der Waals surface area contributed by atoms with Crippen molar-refractivity contribution >= 4 is 29.2 Å². The topological polar surface area (TPSA) is 91.0 Å². The third-order valence-electron chi connectivity index (χ3n) is 5.70. The predicted octanol–water partition coefficient (Wildman–Crippen LogP) is 5.03. The van der Waals surface area contributed by atoms with Crippen molar-refractivity contribution in [3.05, 3.63) is 36.5 Å². The van der Waals surface area contributed by atoms with Gasteiger partial charge in [-0.05, 0) is 56.0 Å². The van der Waals surface area contributed by atoms with E-state index in [1.165, 1.54) is 44.9 Å². The molecule has 1 aromatic heterocycles. The number of rotatable bonds is 6. The zero-order valence-electron chi connectivity index (χ0n) is 16.8. The summed E-state index contributed by atoms with van der Waals surface area (Å²) in [7, 11) is 0. The van der Waals surface area contributed by atoms with Gasteiger partial charge in [0.2, 0.25) is 5.95 Å². The molecule has 2 aromatic rings. The zero-order chi connectivity index (χ0) is 19.9. The first-order valence-electron chi connectivity index (χ1n) is 10.8. The molecule has 0 saturated heterocycles. The van der Waals surface area contributed by atoms with Crippen LogP contribution in [0.15, 0.2) is 36.5 Å². The summed E-state index contributed by atoms with van der Waals surface area (Å²) in [4.78, 5) is 21.0. The maximum atomic E-state index is 12.2. The van der Waals surface area contributed by atoms with E-state index in [4.69, 9.17) is 0 Å². The van der Waals surface area contributed by atoms with Crippen LogP contribution in [0.5, 0.6) is 0 Å². The summed E-state index contributed by atoms with van der Waals surface area (Å²) < 4.78 is 0. The molecule has 2 aliphatic rings. The molecule has 154 valence electrons. The van der Waals surface area contributed by atoms with Gasteiger partial charge in [-0.25, -0.2) is 9.78 Å². The summed E-state index contributed by atoms with van der Waals surface area (Å²) in [5, 5.41) is 12.7. The highest BCUT2D eigenvalue weighted by Gasteiger charge is 2.16. The molecule has 4 N–H and O–H groups in total. The monoisotopic (exact) mass is 394 g/mol. The molecule has 2 aliphatic carbocycles. The average molecular weight is 395 g/mol. The Bertz CT molecular complexity index is 797. The van der Waals surface area contributed by atoms with Gasteiger partial charge in [0.25, 0.3) is 0 Å². The lowest BCUT2D eigenvalue weighted by atomic mass is 9.96. The number of anilines is 4. The number of urea groups is 1. The molecule has 2 saturated carbocycles. The normalized spacial score (nSPS) is 17.7. The van der Waals surface area contributed by atoms with Gasteiger partial charge in [0, 0.05) is 29.7 Å². The fourth-order valence-corrected chi connectivity index (χ4v) is 4.14. The smallest absolute Gasteiger partial charge is 0.319 e. The summed E-state index contributed by atoms with van der Waals surface area (Å²) in [5.74, 6) is 1.41. The zero-order valence-corrected chi connectivity index (χ0v) is 16.8. The van der Waals surface area contributed by atoms with Crippen molar-refractivity contribution in [2.75, 3.05) is 16.0 Å². The Morgan fingerprint density at radius 3 is 2.24 bits per heavy atom. The molecule has 0 unspecified atom stereocenters. The van der Waals surface area contributed by atoms with Crippen LogP contribution in [0, 0.1) is 0 Å². The van der Waals surface area contributed by atoms with Gasteiger partial charge in [-0.15, -0.1) is 0 Å². The molecule has 0 radical (unpaired) electrons. The van der Waals surface area contributed by atoms with Crippen molar-refractivity contribution in [3.8, 4) is 0 Å². The van der Waals surface area contributed by atoms with E-state index in [-0.39, 0.29) is 6.03 Å². The highest BCUT2D eigenvalue weighted by Crippen LogP contribution is 2.23. The molecular weight excluding hydrogens is 364 g/mol. The van der Waals surface area contributed by atoms with E-state index in [1.54, 1.807) is 6.20 Å². The Kier molecular flexibility index (Phi) is 6.44. The first-order chi connectivity index (χ1) is 14.2. The summed E-state index contributed by atoms with van der Waals surface area (Å²) in [6.45, 7) is 0. The molecule has 1 aromatic carbocycles. The molecule has 0 atom stereocenters. The quantitative estimate of drug-likeness (QED) is 0.552. The Balaban J connectivity index is 1.29. The maximum absolute atomic E-state index is 12.2. The van der Waals surface area contributed by atoms with Gasteiger partial charge in [-0.3, -0.25) is 0 Å². The number of hydrogen-bond acceptors (Lipinski definition) is 5. The van der Waals surface area contributed by atoms with Crippen molar-refractivity contribution in [2.45, 2.75) is 69.9 Å². The van der Waals surface area contributed by atoms with Gasteiger partial charge in [-0.2, -0.15) is 4.98 Å². The van der Waals surface area contributed by atoms with Crippen LogP contribution in [0.2, 0.25) is 0 Å². The van der Waals surface area contributed by atoms with Crippen LogP contribution < -0.4 is 21.3 Å². The molecule has 1 heterocycles. The van der Waals surface area contributed by atoms with Gasteiger partial charge < -0.3 is 21.3 Å². The van der Waals surface area contributed by atoms with Gasteiger partial charge in [-0.1, -0.05) is 32.1 Å². The van der Waals surface area contributed by atoms with Crippen LogP contribution in [0.25, 0.3) is 0 Å². The van der Waals surface area contributed by atoms with Crippen molar-refractivity contribution in [1.82, 2.24) is 15.3 Å². The molecule has 7 heteroatoms. The van der Waals surface area contributed by atoms with Crippen molar-refractivity contribution in [2.24, 2.45) is 0 Å². The number of nitrogens with one attached hydrogen (secondary N) is 4. The van der Waals surface area contributed by atoms with Gasteiger partial charge >= 0.3 is 6.03 Å². The first-order valence-corrected chi connectivity index (χ1v) is 10.8. The van der Waals surface area contributed by atoms with Gasteiger partial charge in [0.05, 0.1) is 0 Å². The molecule has 2 amide bonds. The average Bonchev–Trinajstić information content (AvgIpc) is 3.23. The van der Waals surface area contributed by atoms with E-state index in [1.807, 2.05) is 30.3 Å². The second kappa shape index (κ2) is 9.58. The molecule has 29 heavy (non-hydrogen) atoms. The predicted molar refractivity (Wildman–Crippen MR) is 117 cm³/mol. The molecule has 0 bridgehead atoms. The number of carbonyl (C=O) groups excluding carboxylic acids is 1. The highest BCUT2D eigenvalue weighted by molar-refractivity contribution is 5.89. The van der Waals surface area contributed by atoms with Crippen molar-refractivity contribution < 1.29 is 4.79 Å². The molecule has 0 spiro atoms. The number of amides is 2. The number of benzene rings is 1. The minimum atomic E-state index is -0.133. The summed E-state index contributed by atoms with van der Waals surface area (Å²) in [6.07, 6.45) is 12.6. The van der Waals surface area contributed by atoms with Gasteiger partial charge in [0.1, 0.15) is 5.82 Å². The largest absolute Gasteiger partial charge is 0.367 e. The summed E-state index contributed by atoms with van der Waals surface area (Å²) >= 11 is 0. The molecule has 4 rings (SSSR count). The summed E-state index contributed by atoms with van der Waals surface area (Å²) in [6, 6.07) is 10.2. The van der Waals surface area contributed by atoms with E-state index in [0.717, 1.165) is 30.0 Å². The lowest BCUT2D eigenvalue weighted by molar-refractivity contribution is 0.244. The van der Waals surface area contributed by atoms with Crippen molar-refractivity contribution in [3.63, 3.8) is 0 Å². The highest BCUT2D eigenvalue weighted by atomic mass is 16.2. The van der Waals surface area contributed by atoms with Crippen LogP contribution in [0.3, 0.4) is 0 Å². The third kappa shape index (κ3) is 5.82. The SMILES string of the molecule is O=C(Nc1ccc(Nc2nccc(NC3CCCC3)n2)cc1)NC1CCCCC1. The van der Waals surface area contributed by atoms with E-state index in [0.29, 0.717) is 18.0 Å². The van der Waals surface area contributed by atoms with Crippen LogP contribution >= 0.6 is 0 Å². The first kappa shape index (κ1) is 19.5. The van der Waals surface area contributed by atoms with Crippen LogP contribution in [-0.4, -0.2) is 28.1 Å². The molecule has 7 nitrogen and oxygen atoms in total. The Labute approximate surface area is 172 Å². The van der Waals surface area contributed by atoms with Crippen LogP contribution in [0.4, 0.5) is 27.9 Å². The van der Waals surface area contributed by atoms with Crippen LogP contribution in [-0.2, 0) is 0 Å². The van der Waals surface area contributed by atoms with Crippen LogP contribution in [0.1, 0.15) is 57.8 Å². The number of carbonyl (C=O) groups is 1. The minimum Gasteiger partial charge on any atom is -0.367 e. The molecule has 0 aliphatic heterocycles. The fourth-order valence-electron chi connectivity index (χ4n) is 4.14. The second-order valence-corrected chi connectivity index (χ2v) is 8.03. The lowest BCUT2D eigenvalue weighted by Gasteiger charge is -2.22. The van der Waals surface area contributed by atoms with E-state index >= 15 is 0 Å². The second-order valence-electron chi connectivity index (χ2n) is 8.03. The fraction of sp³-hybridized carbons (Fsp3) is 0.500. The number of nitrogens with zero attached hydrogens (tertiary/aromatic N) is 2. The van der Waals surface area contributed by atoms with Crippen molar-refractivity contribution in [1.29, 1.82) is 0 Å². The summed E-state index contributed by atoms with van der Waals surface area (Å²) in [5.41, 5.74) is 1.64. The molecule has 2 fully saturated rings. The maximum Gasteiger partial charge on any atom is 0.319 e. The molecular formula is C22H30N6O. The Morgan fingerprint density at radius 2 is 1.48 bits per heavy atom. The Hall–Kier alpha value is -2.83. The third-order valence-corrected chi connectivity index (χ3v) is 5.70. The lowest BCUT2D eigenvalue weighted by Crippen LogP contribution is -2.38. The Morgan fingerprint density at radius 1 is 0.828 bits per heavy atom. The van der Waals surface area contributed by atoms with Gasteiger partial charge in [0.15, 0.2) is 0 Å².